The first-order valence-electron chi connectivity index (χ1n) is 10.1. The van der Waals surface area contributed by atoms with E-state index in [1.807, 2.05) is 0 Å². The van der Waals surface area contributed by atoms with Gasteiger partial charge in [-0.2, -0.15) is 0 Å². The highest BCUT2D eigenvalue weighted by Crippen LogP contribution is 2.34. The fourth-order valence-corrected chi connectivity index (χ4v) is 4.12. The van der Waals surface area contributed by atoms with Gasteiger partial charge in [0.05, 0.1) is 17.7 Å². The predicted molar refractivity (Wildman–Crippen MR) is 131 cm³/mol. The number of amides is 1. The molecule has 0 fully saturated rings. The molecule has 35 heavy (non-hydrogen) atoms. The molecular weight excluding hydrogens is 475 g/mol. The average Bonchev–Trinajstić information content (AvgIpc) is 2.87. The Bertz CT molecular complexity index is 1450. The number of nitrogens with one attached hydrogen (secondary N) is 1. The SMILES string of the molecule is COc1cc(-c2ccccc2S(N)(=O)=O)ccc1NC(=O)/C(F)=C(/C)c1cccc(/C(N)=N\O)c1. The summed E-state index contributed by atoms with van der Waals surface area (Å²) < 4.78 is 44.2. The Morgan fingerprint density at radius 2 is 1.74 bits per heavy atom. The van der Waals surface area contributed by atoms with Gasteiger partial charge in [0.1, 0.15) is 5.75 Å². The lowest BCUT2D eigenvalue weighted by molar-refractivity contribution is -0.114. The Kier molecular flexibility index (Phi) is 7.52. The van der Waals surface area contributed by atoms with Crippen LogP contribution in [0.15, 0.2) is 82.6 Å². The molecule has 0 saturated carbocycles. The fourth-order valence-electron chi connectivity index (χ4n) is 3.36. The van der Waals surface area contributed by atoms with E-state index in [1.165, 1.54) is 38.3 Å². The third-order valence-electron chi connectivity index (χ3n) is 5.18. The molecule has 0 aromatic heterocycles. The predicted octanol–water partition coefficient (Wildman–Crippen LogP) is 3.44. The molecule has 1 amide bonds. The van der Waals surface area contributed by atoms with Gasteiger partial charge in [0.15, 0.2) is 11.7 Å². The van der Waals surface area contributed by atoms with E-state index in [1.54, 1.807) is 42.5 Å². The number of halogens is 1. The first-order valence-corrected chi connectivity index (χ1v) is 11.7. The molecule has 9 nitrogen and oxygen atoms in total. The number of allylic oxidation sites excluding steroid dienone is 1. The zero-order valence-corrected chi connectivity index (χ0v) is 19.6. The number of primary sulfonamides is 1. The lowest BCUT2D eigenvalue weighted by Crippen LogP contribution is -2.15. The summed E-state index contributed by atoms with van der Waals surface area (Å²) in [6, 6.07) is 16.9. The van der Waals surface area contributed by atoms with Gasteiger partial charge in [-0.05, 0) is 47.9 Å². The number of nitrogens with two attached hydrogens (primary N) is 2. The van der Waals surface area contributed by atoms with Crippen LogP contribution in [0.25, 0.3) is 16.7 Å². The number of carbonyl (C=O) groups excluding carboxylic acids is 1. The molecule has 0 aliphatic carbocycles. The van der Waals surface area contributed by atoms with Gasteiger partial charge in [0.2, 0.25) is 10.0 Å². The number of hydrogen-bond donors (Lipinski definition) is 4. The summed E-state index contributed by atoms with van der Waals surface area (Å²) in [6.45, 7) is 1.42. The van der Waals surface area contributed by atoms with Crippen LogP contribution < -0.4 is 20.9 Å². The maximum Gasteiger partial charge on any atom is 0.284 e. The molecule has 0 aliphatic rings. The number of nitrogens with zero attached hydrogens (tertiary/aromatic N) is 1. The zero-order valence-electron chi connectivity index (χ0n) is 18.8. The van der Waals surface area contributed by atoms with Crippen molar-refractivity contribution in [1.82, 2.24) is 0 Å². The van der Waals surface area contributed by atoms with Crippen LogP contribution in [0.2, 0.25) is 0 Å². The maximum atomic E-state index is 15.0. The van der Waals surface area contributed by atoms with E-state index in [-0.39, 0.29) is 27.7 Å². The normalized spacial score (nSPS) is 12.6. The standard InChI is InChI=1S/C24H23FN4O5S/c1-14(15-6-5-7-17(12-15)23(26)29-31)22(25)24(30)28-19-11-10-16(13-20(19)34-2)18-8-3-4-9-21(18)35(27,32)33/h3-13,31H,1-2H3,(H2,26,29)(H,28,30)(H2,27,32,33)/b22-14+. The number of sulfonamides is 1. The Morgan fingerprint density at radius 3 is 2.40 bits per heavy atom. The van der Waals surface area contributed by atoms with Crippen LogP contribution in [0, 0.1) is 0 Å². The van der Waals surface area contributed by atoms with Crippen LogP contribution in [0.5, 0.6) is 5.75 Å². The van der Waals surface area contributed by atoms with Crippen molar-refractivity contribution in [2.75, 3.05) is 12.4 Å². The number of rotatable bonds is 7. The van der Waals surface area contributed by atoms with Crippen LogP contribution in [0.1, 0.15) is 18.1 Å². The van der Waals surface area contributed by atoms with Crippen molar-refractivity contribution < 1.29 is 27.5 Å². The van der Waals surface area contributed by atoms with Crippen LogP contribution in [0.4, 0.5) is 10.1 Å². The highest BCUT2D eigenvalue weighted by Gasteiger charge is 2.19. The molecule has 3 aromatic carbocycles. The van der Waals surface area contributed by atoms with Crippen molar-refractivity contribution in [2.45, 2.75) is 11.8 Å². The number of amidine groups is 1. The van der Waals surface area contributed by atoms with E-state index in [9.17, 15) is 17.6 Å². The fraction of sp³-hybridized carbons (Fsp3) is 0.0833. The Morgan fingerprint density at radius 1 is 1.06 bits per heavy atom. The van der Waals surface area contributed by atoms with E-state index < -0.39 is 21.8 Å². The van der Waals surface area contributed by atoms with E-state index in [2.05, 4.69) is 10.5 Å². The third-order valence-corrected chi connectivity index (χ3v) is 6.15. The van der Waals surface area contributed by atoms with Crippen LogP contribution in [0.3, 0.4) is 0 Å². The Balaban J connectivity index is 1.93. The number of benzene rings is 3. The largest absolute Gasteiger partial charge is 0.495 e. The second-order valence-electron chi connectivity index (χ2n) is 7.42. The molecule has 182 valence electrons. The van der Waals surface area contributed by atoms with Crippen molar-refractivity contribution in [3.63, 3.8) is 0 Å². The highest BCUT2D eigenvalue weighted by molar-refractivity contribution is 7.89. The summed E-state index contributed by atoms with van der Waals surface area (Å²) in [5, 5.41) is 19.5. The molecule has 0 saturated heterocycles. The maximum absolute atomic E-state index is 15.0. The van der Waals surface area contributed by atoms with Gasteiger partial charge in [-0.3, -0.25) is 4.79 Å². The molecule has 0 heterocycles. The minimum atomic E-state index is -3.98. The van der Waals surface area contributed by atoms with Crippen molar-refractivity contribution in [1.29, 1.82) is 0 Å². The van der Waals surface area contributed by atoms with E-state index >= 15 is 0 Å². The summed E-state index contributed by atoms with van der Waals surface area (Å²) in [7, 11) is -2.63. The summed E-state index contributed by atoms with van der Waals surface area (Å²) in [6.07, 6.45) is 0. The van der Waals surface area contributed by atoms with Gasteiger partial charge in [-0.15, -0.1) is 0 Å². The molecule has 0 radical (unpaired) electrons. The molecule has 3 aromatic rings. The summed E-state index contributed by atoms with van der Waals surface area (Å²) in [5.74, 6) is -2.04. The van der Waals surface area contributed by atoms with Crippen molar-refractivity contribution in [2.24, 2.45) is 16.0 Å². The number of hydrogen-bond acceptors (Lipinski definition) is 6. The summed E-state index contributed by atoms with van der Waals surface area (Å²) >= 11 is 0. The average molecular weight is 499 g/mol. The monoisotopic (exact) mass is 498 g/mol. The molecule has 0 aliphatic heterocycles. The third kappa shape index (κ3) is 5.65. The zero-order chi connectivity index (χ0) is 25.8. The van der Waals surface area contributed by atoms with E-state index in [0.29, 0.717) is 22.3 Å². The molecule has 3 rings (SSSR count). The van der Waals surface area contributed by atoms with Gasteiger partial charge in [-0.25, -0.2) is 17.9 Å². The van der Waals surface area contributed by atoms with Gasteiger partial charge < -0.3 is 21.0 Å². The lowest BCUT2D eigenvalue weighted by atomic mass is 10.0. The Labute approximate surface area is 201 Å². The van der Waals surface area contributed by atoms with Crippen LogP contribution in [-0.2, 0) is 14.8 Å². The molecule has 6 N–H and O–H groups in total. The van der Waals surface area contributed by atoms with Crippen LogP contribution in [-0.4, -0.2) is 32.5 Å². The molecule has 0 spiro atoms. The first kappa shape index (κ1) is 25.4. The number of carbonyl (C=O) groups is 1. The first-order chi connectivity index (χ1) is 16.6. The molecule has 11 heteroatoms. The summed E-state index contributed by atoms with van der Waals surface area (Å²) in [4.78, 5) is 12.6. The van der Waals surface area contributed by atoms with Gasteiger partial charge in [0, 0.05) is 11.1 Å². The second-order valence-corrected chi connectivity index (χ2v) is 8.95. The number of anilines is 1. The molecular formula is C24H23FN4O5S. The Hall–Kier alpha value is -4.22. The molecule has 0 atom stereocenters. The van der Waals surface area contributed by atoms with Gasteiger partial charge >= 0.3 is 0 Å². The topological polar surface area (TPSA) is 157 Å². The number of ether oxygens (including phenoxy) is 1. The van der Waals surface area contributed by atoms with E-state index in [0.717, 1.165) is 0 Å². The van der Waals surface area contributed by atoms with Crippen molar-refractivity contribution >= 4 is 33.0 Å². The minimum Gasteiger partial charge on any atom is -0.495 e. The van der Waals surface area contributed by atoms with Gasteiger partial charge in [-0.1, -0.05) is 47.6 Å². The quantitative estimate of drug-likeness (QED) is 0.128. The second kappa shape index (κ2) is 10.4. The van der Waals surface area contributed by atoms with Crippen molar-refractivity contribution in [3.05, 3.63) is 83.7 Å². The van der Waals surface area contributed by atoms with Crippen molar-refractivity contribution in [3.8, 4) is 16.9 Å². The molecule has 0 unspecified atom stereocenters. The van der Waals surface area contributed by atoms with Crippen LogP contribution >= 0.6 is 0 Å². The number of oxime groups is 1. The smallest absolute Gasteiger partial charge is 0.284 e. The molecule has 0 bridgehead atoms. The number of methoxy groups -OCH3 is 1. The van der Waals surface area contributed by atoms with E-state index in [4.69, 9.17) is 20.8 Å². The summed E-state index contributed by atoms with van der Waals surface area (Å²) in [5.41, 5.74) is 7.32. The highest BCUT2D eigenvalue weighted by atomic mass is 32.2. The lowest BCUT2D eigenvalue weighted by Gasteiger charge is -2.14. The minimum absolute atomic E-state index is 0.0350. The van der Waals surface area contributed by atoms with Gasteiger partial charge in [0.25, 0.3) is 5.91 Å².